The van der Waals surface area contributed by atoms with Crippen molar-refractivity contribution in [1.29, 1.82) is 0 Å². The van der Waals surface area contributed by atoms with Crippen LogP contribution in [0.1, 0.15) is 12.8 Å². The van der Waals surface area contributed by atoms with Crippen LogP contribution in [-0.4, -0.2) is 28.0 Å². The molecular weight excluding hydrogens is 274 g/mol. The van der Waals surface area contributed by atoms with Crippen molar-refractivity contribution < 1.29 is 19.1 Å². The summed E-state index contributed by atoms with van der Waals surface area (Å²) in [5, 5.41) is 11.2. The van der Waals surface area contributed by atoms with E-state index in [4.69, 9.17) is 15.3 Å². The van der Waals surface area contributed by atoms with Crippen molar-refractivity contribution in [2.45, 2.75) is 18.9 Å². The minimum atomic E-state index is -0.981. The van der Waals surface area contributed by atoms with Gasteiger partial charge in [0.1, 0.15) is 0 Å². The number of carboxylic acid groups (broad SMARTS) is 1. The standard InChI is InChI=1S/C14H15N3O4/c15-11(4-5-13(18)19)14(20)17-10-3-1-2-9(6-10)12-7-16-8-21-12/h1-3,6-8,11H,4-5,15H2,(H,17,20)(H,18,19). The second-order valence-electron chi connectivity index (χ2n) is 4.47. The molecule has 0 aliphatic rings. The molecule has 0 aliphatic carbocycles. The topological polar surface area (TPSA) is 118 Å². The smallest absolute Gasteiger partial charge is 0.303 e. The van der Waals surface area contributed by atoms with Crippen LogP contribution in [0.15, 0.2) is 41.3 Å². The van der Waals surface area contributed by atoms with Gasteiger partial charge in [0.05, 0.1) is 12.2 Å². The van der Waals surface area contributed by atoms with E-state index in [1.807, 2.05) is 6.07 Å². The molecule has 21 heavy (non-hydrogen) atoms. The lowest BCUT2D eigenvalue weighted by atomic mass is 10.1. The summed E-state index contributed by atoms with van der Waals surface area (Å²) in [5.74, 6) is -0.821. The SMILES string of the molecule is NC(CCC(=O)O)C(=O)Nc1cccc(-c2cnco2)c1. The second kappa shape index (κ2) is 6.67. The first kappa shape index (κ1) is 14.7. The van der Waals surface area contributed by atoms with Gasteiger partial charge in [-0.3, -0.25) is 9.59 Å². The number of oxazole rings is 1. The van der Waals surface area contributed by atoms with E-state index in [9.17, 15) is 9.59 Å². The van der Waals surface area contributed by atoms with Crippen LogP contribution in [0.5, 0.6) is 0 Å². The molecule has 1 unspecified atom stereocenters. The molecule has 7 nitrogen and oxygen atoms in total. The monoisotopic (exact) mass is 289 g/mol. The third-order valence-electron chi connectivity index (χ3n) is 2.85. The molecule has 1 aromatic carbocycles. The van der Waals surface area contributed by atoms with Gasteiger partial charge >= 0.3 is 5.97 Å². The van der Waals surface area contributed by atoms with Gasteiger partial charge < -0.3 is 20.6 Å². The van der Waals surface area contributed by atoms with Gasteiger partial charge in [-0.15, -0.1) is 0 Å². The van der Waals surface area contributed by atoms with Gasteiger partial charge in [-0.2, -0.15) is 0 Å². The van der Waals surface area contributed by atoms with Crippen LogP contribution in [0.25, 0.3) is 11.3 Å². The Hall–Kier alpha value is -2.67. The number of anilines is 1. The zero-order valence-electron chi connectivity index (χ0n) is 11.2. The summed E-state index contributed by atoms with van der Waals surface area (Å²) in [6, 6.07) is 6.15. The Labute approximate surface area is 120 Å². The number of amides is 1. The number of nitrogens with two attached hydrogens (primary N) is 1. The summed E-state index contributed by atoms with van der Waals surface area (Å²) in [7, 11) is 0. The van der Waals surface area contributed by atoms with E-state index in [0.717, 1.165) is 5.56 Å². The highest BCUT2D eigenvalue weighted by atomic mass is 16.4. The zero-order valence-corrected chi connectivity index (χ0v) is 11.2. The maximum atomic E-state index is 11.9. The summed E-state index contributed by atoms with van der Waals surface area (Å²) in [4.78, 5) is 26.1. The third kappa shape index (κ3) is 4.15. The molecule has 1 heterocycles. The van der Waals surface area contributed by atoms with E-state index in [1.165, 1.54) is 6.39 Å². The number of nitrogens with one attached hydrogen (secondary N) is 1. The summed E-state index contributed by atoms with van der Waals surface area (Å²) in [5.41, 5.74) is 6.97. The van der Waals surface area contributed by atoms with Crippen LogP contribution < -0.4 is 11.1 Å². The summed E-state index contributed by atoms with van der Waals surface area (Å²) in [6.07, 6.45) is 2.83. The number of carbonyl (C=O) groups is 2. The molecule has 0 saturated carbocycles. The molecule has 0 radical (unpaired) electrons. The Morgan fingerprint density at radius 3 is 2.90 bits per heavy atom. The minimum Gasteiger partial charge on any atom is -0.481 e. The fraction of sp³-hybridized carbons (Fsp3) is 0.214. The first-order valence-electron chi connectivity index (χ1n) is 6.33. The van der Waals surface area contributed by atoms with E-state index >= 15 is 0 Å². The second-order valence-corrected chi connectivity index (χ2v) is 4.47. The Kier molecular flexibility index (Phi) is 4.68. The van der Waals surface area contributed by atoms with Crippen LogP contribution >= 0.6 is 0 Å². The maximum absolute atomic E-state index is 11.9. The van der Waals surface area contributed by atoms with Crippen LogP contribution in [0, 0.1) is 0 Å². The quantitative estimate of drug-likeness (QED) is 0.741. The molecule has 4 N–H and O–H groups in total. The molecule has 2 rings (SSSR count). The zero-order chi connectivity index (χ0) is 15.2. The minimum absolute atomic E-state index is 0.0863. The van der Waals surface area contributed by atoms with Gasteiger partial charge in [0.25, 0.3) is 0 Å². The van der Waals surface area contributed by atoms with Crippen molar-refractivity contribution in [3.05, 3.63) is 36.9 Å². The molecule has 0 spiro atoms. The number of benzene rings is 1. The lowest BCUT2D eigenvalue weighted by Crippen LogP contribution is -2.36. The van der Waals surface area contributed by atoms with E-state index in [1.54, 1.807) is 24.4 Å². The van der Waals surface area contributed by atoms with Crippen molar-refractivity contribution in [3.8, 4) is 11.3 Å². The predicted molar refractivity (Wildman–Crippen MR) is 75.4 cm³/mol. The van der Waals surface area contributed by atoms with Crippen molar-refractivity contribution in [2.75, 3.05) is 5.32 Å². The average molecular weight is 289 g/mol. The van der Waals surface area contributed by atoms with E-state index in [0.29, 0.717) is 11.4 Å². The van der Waals surface area contributed by atoms with Gasteiger partial charge in [-0.25, -0.2) is 4.98 Å². The number of aliphatic carboxylic acids is 1. The fourth-order valence-corrected chi connectivity index (χ4v) is 1.75. The molecule has 0 bridgehead atoms. The summed E-state index contributed by atoms with van der Waals surface area (Å²) < 4.78 is 5.18. The van der Waals surface area contributed by atoms with Crippen LogP contribution in [-0.2, 0) is 9.59 Å². The number of hydrogen-bond donors (Lipinski definition) is 3. The predicted octanol–water partition coefficient (Wildman–Crippen LogP) is 1.47. The van der Waals surface area contributed by atoms with E-state index in [2.05, 4.69) is 10.3 Å². The van der Waals surface area contributed by atoms with Gasteiger partial charge in [-0.1, -0.05) is 12.1 Å². The number of hydrogen-bond acceptors (Lipinski definition) is 5. The molecule has 110 valence electrons. The lowest BCUT2D eigenvalue weighted by molar-refractivity contribution is -0.137. The summed E-state index contributed by atoms with van der Waals surface area (Å²) in [6.45, 7) is 0. The van der Waals surface area contributed by atoms with E-state index < -0.39 is 17.9 Å². The van der Waals surface area contributed by atoms with Crippen LogP contribution in [0.2, 0.25) is 0 Å². The largest absolute Gasteiger partial charge is 0.481 e. The Bertz CT molecular complexity index is 625. The highest BCUT2D eigenvalue weighted by Gasteiger charge is 2.15. The normalized spacial score (nSPS) is 11.9. The molecular formula is C14H15N3O4. The molecule has 0 saturated heterocycles. The Morgan fingerprint density at radius 2 is 2.24 bits per heavy atom. The molecule has 0 fully saturated rings. The first-order valence-corrected chi connectivity index (χ1v) is 6.33. The van der Waals surface area contributed by atoms with Crippen molar-refractivity contribution in [1.82, 2.24) is 4.98 Å². The molecule has 0 aliphatic heterocycles. The lowest BCUT2D eigenvalue weighted by Gasteiger charge is -2.11. The highest BCUT2D eigenvalue weighted by Crippen LogP contribution is 2.22. The number of nitrogens with zero attached hydrogens (tertiary/aromatic N) is 1. The summed E-state index contributed by atoms with van der Waals surface area (Å²) >= 11 is 0. The van der Waals surface area contributed by atoms with Crippen LogP contribution in [0.4, 0.5) is 5.69 Å². The van der Waals surface area contributed by atoms with Crippen molar-refractivity contribution in [3.63, 3.8) is 0 Å². The van der Waals surface area contributed by atoms with E-state index in [-0.39, 0.29) is 12.8 Å². The van der Waals surface area contributed by atoms with Crippen LogP contribution in [0.3, 0.4) is 0 Å². The van der Waals surface area contributed by atoms with Crippen molar-refractivity contribution in [2.24, 2.45) is 5.73 Å². The Balaban J connectivity index is 2.01. The third-order valence-corrected chi connectivity index (χ3v) is 2.85. The number of rotatable bonds is 6. The Morgan fingerprint density at radius 1 is 1.43 bits per heavy atom. The van der Waals surface area contributed by atoms with Gasteiger partial charge in [-0.05, 0) is 18.6 Å². The highest BCUT2D eigenvalue weighted by molar-refractivity contribution is 5.95. The maximum Gasteiger partial charge on any atom is 0.303 e. The van der Waals surface area contributed by atoms with Crippen molar-refractivity contribution >= 4 is 17.6 Å². The van der Waals surface area contributed by atoms with Gasteiger partial charge in [0.2, 0.25) is 5.91 Å². The number of carbonyl (C=O) groups excluding carboxylic acids is 1. The molecule has 7 heteroatoms. The van der Waals surface area contributed by atoms with Gasteiger partial charge in [0.15, 0.2) is 12.2 Å². The fourth-order valence-electron chi connectivity index (χ4n) is 1.75. The van der Waals surface area contributed by atoms with Gasteiger partial charge in [0, 0.05) is 17.7 Å². The molecule has 2 aromatic rings. The number of aromatic nitrogens is 1. The molecule has 1 amide bonds. The molecule has 1 atom stereocenters. The average Bonchev–Trinajstić information content (AvgIpc) is 2.99. The number of carboxylic acids is 1. The molecule has 1 aromatic heterocycles. The first-order chi connectivity index (χ1) is 10.1.